The minimum absolute atomic E-state index is 0.0411. The number of carbonyl (C=O) groups is 1. The molecule has 0 bridgehead atoms. The Morgan fingerprint density at radius 1 is 1.30 bits per heavy atom. The zero-order chi connectivity index (χ0) is 20.2. The number of nitrogens with one attached hydrogen (secondary N) is 1. The van der Waals surface area contributed by atoms with Gasteiger partial charge in [0.15, 0.2) is 0 Å². The van der Waals surface area contributed by atoms with Gasteiger partial charge >= 0.3 is 12.0 Å². The third kappa shape index (κ3) is 5.69. The van der Waals surface area contributed by atoms with Crippen LogP contribution < -0.4 is 10.1 Å². The Balaban J connectivity index is 1.85. The van der Waals surface area contributed by atoms with Crippen molar-refractivity contribution in [3.63, 3.8) is 0 Å². The van der Waals surface area contributed by atoms with Gasteiger partial charge in [0.2, 0.25) is 5.91 Å². The van der Waals surface area contributed by atoms with E-state index in [0.717, 1.165) is 12.1 Å². The van der Waals surface area contributed by atoms with Crippen molar-refractivity contribution in [2.75, 3.05) is 5.32 Å². The highest BCUT2D eigenvalue weighted by Crippen LogP contribution is 2.24. The fourth-order valence-corrected chi connectivity index (χ4v) is 2.52. The Bertz CT molecular complexity index is 831. The molecule has 11 heteroatoms. The second-order valence-corrected chi connectivity index (χ2v) is 5.72. The summed E-state index contributed by atoms with van der Waals surface area (Å²) >= 11 is 0. The van der Waals surface area contributed by atoms with Crippen LogP contribution in [0.2, 0.25) is 0 Å². The van der Waals surface area contributed by atoms with Gasteiger partial charge in [-0.2, -0.15) is 5.10 Å². The molecule has 0 unspecified atom stereocenters. The van der Waals surface area contributed by atoms with E-state index in [1.807, 2.05) is 0 Å². The maximum absolute atomic E-state index is 12.1. The molecule has 0 fully saturated rings. The Labute approximate surface area is 152 Å². The van der Waals surface area contributed by atoms with Gasteiger partial charge < -0.3 is 10.1 Å². The Hall–Kier alpha value is -3.11. The molecule has 0 radical (unpaired) electrons. The SMILES string of the molecule is Cc1nn(CCCC(=O)Nc2ccc(OC(F)(F)F)cc2)c(C)c1[N+](=O)[O-]. The zero-order valence-electron chi connectivity index (χ0n) is 14.5. The minimum atomic E-state index is -4.77. The van der Waals surface area contributed by atoms with Crippen molar-refractivity contribution in [3.05, 3.63) is 45.8 Å². The monoisotopic (exact) mass is 386 g/mol. The van der Waals surface area contributed by atoms with Gasteiger partial charge in [-0.15, -0.1) is 13.2 Å². The lowest BCUT2D eigenvalue weighted by molar-refractivity contribution is -0.386. The second kappa shape index (κ2) is 8.06. The molecule has 0 saturated heterocycles. The Kier molecular flexibility index (Phi) is 6.03. The van der Waals surface area contributed by atoms with E-state index < -0.39 is 11.3 Å². The minimum Gasteiger partial charge on any atom is -0.406 e. The topological polar surface area (TPSA) is 99.3 Å². The van der Waals surface area contributed by atoms with Gasteiger partial charge in [-0.1, -0.05) is 0 Å². The van der Waals surface area contributed by atoms with Crippen LogP contribution in [0.5, 0.6) is 5.75 Å². The number of anilines is 1. The molecular weight excluding hydrogens is 369 g/mol. The molecule has 0 aliphatic carbocycles. The number of halogens is 3. The molecule has 0 aliphatic rings. The van der Waals surface area contributed by atoms with Crippen LogP contribution >= 0.6 is 0 Å². The predicted molar refractivity (Wildman–Crippen MR) is 89.3 cm³/mol. The lowest BCUT2D eigenvalue weighted by atomic mass is 10.2. The third-order valence-corrected chi connectivity index (χ3v) is 3.67. The summed E-state index contributed by atoms with van der Waals surface area (Å²) in [6.07, 6.45) is -4.27. The summed E-state index contributed by atoms with van der Waals surface area (Å²) in [7, 11) is 0. The summed E-state index contributed by atoms with van der Waals surface area (Å²) in [5, 5.41) is 17.6. The first-order chi connectivity index (χ1) is 12.6. The summed E-state index contributed by atoms with van der Waals surface area (Å²) in [5.74, 6) is -0.720. The van der Waals surface area contributed by atoms with Gasteiger partial charge in [-0.05, 0) is 44.5 Å². The Morgan fingerprint density at radius 3 is 2.44 bits per heavy atom. The van der Waals surface area contributed by atoms with E-state index in [4.69, 9.17) is 0 Å². The molecular formula is C16H17F3N4O4. The summed E-state index contributed by atoms with van der Waals surface area (Å²) in [4.78, 5) is 22.4. The normalized spacial score (nSPS) is 11.3. The lowest BCUT2D eigenvalue weighted by Gasteiger charge is -2.10. The summed E-state index contributed by atoms with van der Waals surface area (Å²) in [6, 6.07) is 4.78. The highest BCUT2D eigenvalue weighted by molar-refractivity contribution is 5.90. The number of hydrogen-bond donors (Lipinski definition) is 1. The van der Waals surface area contributed by atoms with E-state index in [0.29, 0.717) is 30.0 Å². The maximum atomic E-state index is 12.1. The van der Waals surface area contributed by atoms with E-state index in [1.165, 1.54) is 16.8 Å². The van der Waals surface area contributed by atoms with Crippen molar-refractivity contribution in [2.24, 2.45) is 0 Å². The molecule has 146 valence electrons. The number of nitrogens with zero attached hydrogens (tertiary/aromatic N) is 3. The van der Waals surface area contributed by atoms with Gasteiger partial charge in [0.05, 0.1) is 4.92 Å². The standard InChI is InChI=1S/C16H17F3N4O4/c1-10-15(23(25)26)11(2)22(21-10)9-3-4-14(24)20-12-5-7-13(8-6-12)27-16(17,18)19/h5-8H,3-4,9H2,1-2H3,(H,20,24). The first-order valence-corrected chi connectivity index (χ1v) is 7.91. The molecule has 27 heavy (non-hydrogen) atoms. The molecule has 2 rings (SSSR count). The smallest absolute Gasteiger partial charge is 0.406 e. The van der Waals surface area contributed by atoms with Crippen LogP contribution in [0.4, 0.5) is 24.5 Å². The number of amides is 1. The summed E-state index contributed by atoms with van der Waals surface area (Å²) in [6.45, 7) is 3.45. The van der Waals surface area contributed by atoms with Crippen molar-refractivity contribution in [3.8, 4) is 5.75 Å². The van der Waals surface area contributed by atoms with Gasteiger partial charge in [0.25, 0.3) is 0 Å². The molecule has 0 spiro atoms. The number of aromatic nitrogens is 2. The number of alkyl halides is 3. The lowest BCUT2D eigenvalue weighted by Crippen LogP contribution is -2.17. The molecule has 1 aromatic heterocycles. The predicted octanol–water partition coefficient (Wildman–Crippen LogP) is 3.73. The molecule has 1 heterocycles. The summed E-state index contributed by atoms with van der Waals surface area (Å²) < 4.78 is 41.5. The zero-order valence-corrected chi connectivity index (χ0v) is 14.5. The molecule has 1 amide bonds. The van der Waals surface area contributed by atoms with Crippen molar-refractivity contribution in [2.45, 2.75) is 39.6 Å². The number of nitro groups is 1. The average molecular weight is 386 g/mol. The fraction of sp³-hybridized carbons (Fsp3) is 0.375. The van der Waals surface area contributed by atoms with Crippen LogP contribution in [-0.2, 0) is 11.3 Å². The van der Waals surface area contributed by atoms with Gasteiger partial charge in [0.1, 0.15) is 17.1 Å². The molecule has 1 N–H and O–H groups in total. The molecule has 0 saturated carbocycles. The van der Waals surface area contributed by atoms with Crippen LogP contribution in [0.25, 0.3) is 0 Å². The molecule has 2 aromatic rings. The maximum Gasteiger partial charge on any atom is 0.573 e. The largest absolute Gasteiger partial charge is 0.573 e. The van der Waals surface area contributed by atoms with Crippen LogP contribution in [-0.4, -0.2) is 27.0 Å². The number of carbonyl (C=O) groups excluding carboxylic acids is 1. The Morgan fingerprint density at radius 2 is 1.93 bits per heavy atom. The van der Waals surface area contributed by atoms with Crippen molar-refractivity contribution in [1.82, 2.24) is 9.78 Å². The molecule has 8 nitrogen and oxygen atoms in total. The highest BCUT2D eigenvalue weighted by Gasteiger charge is 2.31. The van der Waals surface area contributed by atoms with E-state index in [-0.39, 0.29) is 23.8 Å². The van der Waals surface area contributed by atoms with E-state index >= 15 is 0 Å². The number of rotatable bonds is 7. The molecule has 0 aliphatic heterocycles. The van der Waals surface area contributed by atoms with E-state index in [1.54, 1.807) is 13.8 Å². The van der Waals surface area contributed by atoms with Crippen LogP contribution in [0.1, 0.15) is 24.2 Å². The van der Waals surface area contributed by atoms with Crippen molar-refractivity contribution < 1.29 is 27.6 Å². The summed E-state index contributed by atoms with van der Waals surface area (Å²) in [5.41, 5.74) is 1.01. The van der Waals surface area contributed by atoms with Crippen molar-refractivity contribution >= 4 is 17.3 Å². The fourth-order valence-electron chi connectivity index (χ4n) is 2.52. The first-order valence-electron chi connectivity index (χ1n) is 7.91. The first kappa shape index (κ1) is 20.2. The van der Waals surface area contributed by atoms with Crippen LogP contribution in [0.3, 0.4) is 0 Å². The van der Waals surface area contributed by atoms with Gasteiger partial charge in [-0.3, -0.25) is 19.6 Å². The quantitative estimate of drug-likeness (QED) is 0.577. The van der Waals surface area contributed by atoms with E-state index in [2.05, 4.69) is 15.2 Å². The van der Waals surface area contributed by atoms with E-state index in [9.17, 15) is 28.1 Å². The van der Waals surface area contributed by atoms with Crippen LogP contribution in [0, 0.1) is 24.0 Å². The highest BCUT2D eigenvalue weighted by atomic mass is 19.4. The molecule has 0 atom stereocenters. The van der Waals surface area contributed by atoms with Crippen LogP contribution in [0.15, 0.2) is 24.3 Å². The number of benzene rings is 1. The van der Waals surface area contributed by atoms with Crippen molar-refractivity contribution in [1.29, 1.82) is 0 Å². The number of aryl methyl sites for hydroxylation is 2. The average Bonchev–Trinajstić information content (AvgIpc) is 2.82. The van der Waals surface area contributed by atoms with Gasteiger partial charge in [-0.25, -0.2) is 0 Å². The molecule has 1 aromatic carbocycles. The van der Waals surface area contributed by atoms with Gasteiger partial charge in [0, 0.05) is 18.7 Å². The number of ether oxygens (including phenoxy) is 1. The second-order valence-electron chi connectivity index (χ2n) is 5.72. The third-order valence-electron chi connectivity index (χ3n) is 3.67. The number of hydrogen-bond acceptors (Lipinski definition) is 5.